The molecular weight excluding hydrogens is 268 g/mol. The first-order chi connectivity index (χ1) is 9.89. The first-order valence-corrected chi connectivity index (χ1v) is 6.99. The third-order valence-corrected chi connectivity index (χ3v) is 3.01. The molecule has 2 aromatic heterocycles. The van der Waals surface area contributed by atoms with Gasteiger partial charge in [0.1, 0.15) is 11.4 Å². The molecule has 1 amide bonds. The first kappa shape index (κ1) is 15.2. The first-order valence-electron chi connectivity index (χ1n) is 6.99. The van der Waals surface area contributed by atoms with Gasteiger partial charge in [-0.2, -0.15) is 0 Å². The SMILES string of the molecule is COc1ccc2c(CCNC(=O)OC(C)(C)C)ccn2c1. The zero-order valence-electron chi connectivity index (χ0n) is 13.0. The Morgan fingerprint density at radius 1 is 1.29 bits per heavy atom. The second-order valence-electron chi connectivity index (χ2n) is 5.88. The third kappa shape index (κ3) is 4.15. The number of fused-ring (bicyclic) bond motifs is 1. The van der Waals surface area contributed by atoms with E-state index in [1.54, 1.807) is 7.11 Å². The number of carbonyl (C=O) groups excluding carboxylic acids is 1. The Balaban J connectivity index is 1.93. The molecule has 5 heteroatoms. The van der Waals surface area contributed by atoms with Crippen molar-refractivity contribution in [2.75, 3.05) is 13.7 Å². The summed E-state index contributed by atoms with van der Waals surface area (Å²) in [5.41, 5.74) is 1.82. The molecular formula is C16H22N2O3. The molecule has 0 saturated carbocycles. The van der Waals surface area contributed by atoms with Crippen LogP contribution in [0.15, 0.2) is 30.6 Å². The van der Waals surface area contributed by atoms with E-state index in [9.17, 15) is 4.79 Å². The summed E-state index contributed by atoms with van der Waals surface area (Å²) in [7, 11) is 1.65. The Labute approximate surface area is 124 Å². The number of rotatable bonds is 4. The van der Waals surface area contributed by atoms with Gasteiger partial charge in [-0.3, -0.25) is 0 Å². The van der Waals surface area contributed by atoms with Crippen LogP contribution in [0.4, 0.5) is 4.79 Å². The van der Waals surface area contributed by atoms with Crippen molar-refractivity contribution in [2.45, 2.75) is 32.8 Å². The Hall–Kier alpha value is -2.17. The number of ether oxygens (including phenoxy) is 2. The van der Waals surface area contributed by atoms with Crippen LogP contribution in [0.5, 0.6) is 5.75 Å². The normalized spacial score (nSPS) is 11.4. The predicted molar refractivity (Wildman–Crippen MR) is 81.9 cm³/mol. The molecule has 2 heterocycles. The number of methoxy groups -OCH3 is 1. The van der Waals surface area contributed by atoms with Crippen LogP contribution < -0.4 is 10.1 Å². The summed E-state index contributed by atoms with van der Waals surface area (Å²) in [6.07, 6.45) is 4.29. The van der Waals surface area contributed by atoms with Crippen molar-refractivity contribution in [2.24, 2.45) is 0 Å². The van der Waals surface area contributed by atoms with Gasteiger partial charge in [0.25, 0.3) is 0 Å². The Kier molecular flexibility index (Phi) is 4.40. The predicted octanol–water partition coefficient (Wildman–Crippen LogP) is 3.02. The van der Waals surface area contributed by atoms with Gasteiger partial charge >= 0.3 is 6.09 Å². The van der Waals surface area contributed by atoms with Gasteiger partial charge in [-0.15, -0.1) is 0 Å². The van der Waals surface area contributed by atoms with Gasteiger partial charge in [-0.05, 0) is 51.0 Å². The Morgan fingerprint density at radius 2 is 2.05 bits per heavy atom. The molecule has 2 rings (SSSR count). The largest absolute Gasteiger partial charge is 0.495 e. The number of hydrogen-bond acceptors (Lipinski definition) is 3. The highest BCUT2D eigenvalue weighted by Crippen LogP contribution is 2.18. The zero-order chi connectivity index (χ0) is 15.5. The van der Waals surface area contributed by atoms with Crippen LogP contribution in [0, 0.1) is 0 Å². The fourth-order valence-electron chi connectivity index (χ4n) is 2.09. The molecule has 0 bridgehead atoms. The van der Waals surface area contributed by atoms with E-state index in [1.807, 2.05) is 55.8 Å². The minimum Gasteiger partial charge on any atom is -0.495 e. The molecule has 0 aromatic carbocycles. The molecule has 0 aliphatic rings. The molecule has 0 saturated heterocycles. The van der Waals surface area contributed by atoms with Crippen LogP contribution in [-0.2, 0) is 11.2 Å². The average molecular weight is 290 g/mol. The summed E-state index contributed by atoms with van der Waals surface area (Å²) in [4.78, 5) is 11.6. The van der Waals surface area contributed by atoms with Crippen molar-refractivity contribution in [1.82, 2.24) is 9.72 Å². The van der Waals surface area contributed by atoms with Gasteiger partial charge < -0.3 is 19.2 Å². The maximum absolute atomic E-state index is 11.6. The van der Waals surface area contributed by atoms with E-state index >= 15 is 0 Å². The third-order valence-electron chi connectivity index (χ3n) is 3.01. The maximum Gasteiger partial charge on any atom is 0.407 e. The lowest BCUT2D eigenvalue weighted by Crippen LogP contribution is -2.33. The number of pyridine rings is 1. The maximum atomic E-state index is 11.6. The Morgan fingerprint density at radius 3 is 2.71 bits per heavy atom. The van der Waals surface area contributed by atoms with Crippen LogP contribution in [0.3, 0.4) is 0 Å². The molecule has 2 aromatic rings. The van der Waals surface area contributed by atoms with E-state index in [0.717, 1.165) is 17.7 Å². The van der Waals surface area contributed by atoms with Crippen LogP contribution in [0.1, 0.15) is 26.3 Å². The molecule has 0 radical (unpaired) electrons. The van der Waals surface area contributed by atoms with E-state index in [2.05, 4.69) is 5.32 Å². The number of nitrogens with one attached hydrogen (secondary N) is 1. The number of alkyl carbamates (subject to hydrolysis) is 1. The lowest BCUT2D eigenvalue weighted by atomic mass is 10.2. The van der Waals surface area contributed by atoms with Gasteiger partial charge in [-0.25, -0.2) is 4.79 Å². The fourth-order valence-corrected chi connectivity index (χ4v) is 2.09. The number of aromatic nitrogens is 1. The molecule has 0 fully saturated rings. The number of nitrogens with zero attached hydrogens (tertiary/aromatic N) is 1. The molecule has 0 aliphatic carbocycles. The van der Waals surface area contributed by atoms with Crippen LogP contribution in [0.2, 0.25) is 0 Å². The standard InChI is InChI=1S/C16H22N2O3/c1-16(2,3)21-15(19)17-9-7-12-8-10-18-11-13(20-4)5-6-14(12)18/h5-6,8,10-11H,7,9H2,1-4H3,(H,17,19). The number of carbonyl (C=O) groups is 1. The van der Waals surface area contributed by atoms with Gasteiger partial charge in [0.15, 0.2) is 0 Å². The molecule has 0 aliphatic heterocycles. The van der Waals surface area contributed by atoms with Gasteiger partial charge in [-0.1, -0.05) is 0 Å². The summed E-state index contributed by atoms with van der Waals surface area (Å²) in [6.45, 7) is 6.09. The van der Waals surface area contributed by atoms with E-state index in [0.29, 0.717) is 6.54 Å². The highest BCUT2D eigenvalue weighted by Gasteiger charge is 2.15. The lowest BCUT2D eigenvalue weighted by molar-refractivity contribution is 0.0528. The molecule has 0 atom stereocenters. The summed E-state index contributed by atoms with van der Waals surface area (Å²) in [5.74, 6) is 0.816. The zero-order valence-corrected chi connectivity index (χ0v) is 13.0. The minimum absolute atomic E-state index is 0.382. The smallest absolute Gasteiger partial charge is 0.407 e. The second kappa shape index (κ2) is 6.08. The topological polar surface area (TPSA) is 52.0 Å². The van der Waals surface area contributed by atoms with Gasteiger partial charge in [0.2, 0.25) is 0 Å². The molecule has 5 nitrogen and oxygen atoms in total. The van der Waals surface area contributed by atoms with Crippen molar-refractivity contribution in [3.05, 3.63) is 36.2 Å². The van der Waals surface area contributed by atoms with E-state index in [4.69, 9.17) is 9.47 Å². The van der Waals surface area contributed by atoms with Crippen LogP contribution in [-0.4, -0.2) is 29.7 Å². The van der Waals surface area contributed by atoms with Crippen molar-refractivity contribution in [3.63, 3.8) is 0 Å². The molecule has 0 unspecified atom stereocenters. The average Bonchev–Trinajstić information content (AvgIpc) is 2.79. The van der Waals surface area contributed by atoms with Crippen molar-refractivity contribution in [3.8, 4) is 5.75 Å². The summed E-state index contributed by atoms with van der Waals surface area (Å²) < 4.78 is 12.4. The molecule has 1 N–H and O–H groups in total. The summed E-state index contributed by atoms with van der Waals surface area (Å²) >= 11 is 0. The molecule has 0 spiro atoms. The second-order valence-corrected chi connectivity index (χ2v) is 5.88. The van der Waals surface area contributed by atoms with Gasteiger partial charge in [0.05, 0.1) is 13.3 Å². The summed E-state index contributed by atoms with van der Waals surface area (Å²) in [6, 6.07) is 5.99. The highest BCUT2D eigenvalue weighted by atomic mass is 16.6. The van der Waals surface area contributed by atoms with Crippen molar-refractivity contribution >= 4 is 11.6 Å². The Bertz CT molecular complexity index is 626. The number of amides is 1. The van der Waals surface area contributed by atoms with E-state index in [1.165, 1.54) is 5.56 Å². The molecule has 21 heavy (non-hydrogen) atoms. The van der Waals surface area contributed by atoms with Crippen LogP contribution in [0.25, 0.3) is 5.52 Å². The quantitative estimate of drug-likeness (QED) is 0.941. The van der Waals surface area contributed by atoms with Crippen molar-refractivity contribution < 1.29 is 14.3 Å². The monoisotopic (exact) mass is 290 g/mol. The minimum atomic E-state index is -0.469. The van der Waals surface area contributed by atoms with Crippen molar-refractivity contribution in [1.29, 1.82) is 0 Å². The van der Waals surface area contributed by atoms with E-state index in [-0.39, 0.29) is 6.09 Å². The van der Waals surface area contributed by atoms with Crippen LogP contribution >= 0.6 is 0 Å². The molecule has 114 valence electrons. The highest BCUT2D eigenvalue weighted by molar-refractivity contribution is 5.67. The summed E-state index contributed by atoms with van der Waals surface area (Å²) in [5, 5.41) is 2.77. The lowest BCUT2D eigenvalue weighted by Gasteiger charge is -2.19. The fraction of sp³-hybridized carbons (Fsp3) is 0.438. The van der Waals surface area contributed by atoms with Gasteiger partial charge in [0, 0.05) is 18.3 Å². The number of hydrogen-bond donors (Lipinski definition) is 1. The van der Waals surface area contributed by atoms with E-state index < -0.39 is 5.60 Å².